The Bertz CT molecular complexity index is 1470. The average molecular weight is 605 g/mol. The highest BCUT2D eigenvalue weighted by Gasteiger charge is 2.54. The number of hydrogen-bond acceptors (Lipinski definition) is 4. The van der Waals surface area contributed by atoms with Gasteiger partial charge >= 0.3 is 5.97 Å². The maximum absolute atomic E-state index is 14.7. The van der Waals surface area contributed by atoms with Gasteiger partial charge in [-0.2, -0.15) is 0 Å². The highest BCUT2D eigenvalue weighted by Crippen LogP contribution is 2.56. The molecule has 1 unspecified atom stereocenters. The van der Waals surface area contributed by atoms with E-state index in [9.17, 15) is 14.3 Å². The standard InChI is InChI=1S/C36H42ClFN2O3/c1-3-24-11-12-30(38)33-32(24)31(13-18-39-33)43-22-23(2)19-26-20-25-7-4-5-10-29(25)35(26)14-16-36(17-15-35,34(41)42)40-28-9-6-8-27(37)21-28/h4-10,13,18,21,23-24,26,30,40H,3,11-12,14-17,19-20,22H2,1-2H3,(H,41,42)/t23-,24-,26?,30-,35?,36?/m1/s1. The van der Waals surface area contributed by atoms with Crippen LogP contribution in [0.5, 0.6) is 5.75 Å². The van der Waals surface area contributed by atoms with Crippen LogP contribution in [0.3, 0.4) is 0 Å². The predicted molar refractivity (Wildman–Crippen MR) is 169 cm³/mol. The normalized spacial score (nSPS) is 28.6. The Hall–Kier alpha value is -3.12. The van der Waals surface area contributed by atoms with Crippen molar-refractivity contribution in [2.45, 2.75) is 94.7 Å². The number of carboxylic acids is 1. The molecule has 0 bridgehead atoms. The third kappa shape index (κ3) is 5.63. The SMILES string of the molecule is CC[C@@H]1CC[C@@H](F)c2nccc(OC[C@H](C)CC3Cc4ccccc4C34CCC(Nc3cccc(Cl)c3)(C(=O)O)CC4)c21. The van der Waals surface area contributed by atoms with Gasteiger partial charge in [0, 0.05) is 22.5 Å². The number of hydrogen-bond donors (Lipinski definition) is 2. The number of carboxylic acid groups (broad SMARTS) is 1. The molecule has 3 aliphatic carbocycles. The van der Waals surface area contributed by atoms with Crippen LogP contribution in [0.25, 0.3) is 0 Å². The van der Waals surface area contributed by atoms with Crippen molar-refractivity contribution in [1.82, 2.24) is 4.98 Å². The molecule has 7 heteroatoms. The van der Waals surface area contributed by atoms with Crippen molar-refractivity contribution in [3.8, 4) is 5.75 Å². The van der Waals surface area contributed by atoms with Crippen LogP contribution < -0.4 is 10.1 Å². The monoisotopic (exact) mass is 604 g/mol. The van der Waals surface area contributed by atoms with Crippen LogP contribution in [0, 0.1) is 11.8 Å². The van der Waals surface area contributed by atoms with Crippen molar-refractivity contribution in [2.24, 2.45) is 11.8 Å². The number of aliphatic carboxylic acids is 1. The third-order valence-electron chi connectivity index (χ3n) is 10.6. The van der Waals surface area contributed by atoms with E-state index in [2.05, 4.69) is 48.4 Å². The van der Waals surface area contributed by atoms with E-state index >= 15 is 0 Å². The Labute approximate surface area is 259 Å². The lowest BCUT2D eigenvalue weighted by Crippen LogP contribution is -2.53. The molecule has 0 aliphatic heterocycles. The first-order chi connectivity index (χ1) is 20.7. The summed E-state index contributed by atoms with van der Waals surface area (Å²) in [6.45, 7) is 4.95. The quantitative estimate of drug-likeness (QED) is 0.255. The molecular formula is C36H42ClFN2O3. The summed E-state index contributed by atoms with van der Waals surface area (Å²) >= 11 is 6.21. The lowest BCUT2D eigenvalue weighted by Gasteiger charge is -2.47. The number of benzene rings is 2. The second-order valence-corrected chi connectivity index (χ2v) is 13.6. The largest absolute Gasteiger partial charge is 0.493 e. The highest BCUT2D eigenvalue weighted by molar-refractivity contribution is 6.30. The summed E-state index contributed by atoms with van der Waals surface area (Å²) in [5.74, 6) is 0.929. The predicted octanol–water partition coefficient (Wildman–Crippen LogP) is 9.06. The maximum atomic E-state index is 14.7. The number of pyridine rings is 1. The minimum absolute atomic E-state index is 0.0651. The molecule has 6 rings (SSSR count). The molecular weight excluding hydrogens is 563 g/mol. The summed E-state index contributed by atoms with van der Waals surface area (Å²) < 4.78 is 21.2. The zero-order valence-corrected chi connectivity index (χ0v) is 25.9. The number of rotatable bonds is 9. The van der Waals surface area contributed by atoms with Gasteiger partial charge in [-0.05, 0) is 116 Å². The summed E-state index contributed by atoms with van der Waals surface area (Å²) in [6, 6.07) is 17.9. The van der Waals surface area contributed by atoms with Gasteiger partial charge < -0.3 is 15.2 Å². The van der Waals surface area contributed by atoms with Gasteiger partial charge in [0.1, 0.15) is 17.5 Å². The number of aromatic nitrogens is 1. The van der Waals surface area contributed by atoms with Crippen LogP contribution in [-0.4, -0.2) is 28.2 Å². The maximum Gasteiger partial charge on any atom is 0.329 e. The number of nitrogens with zero attached hydrogens (tertiary/aromatic N) is 1. The molecule has 43 heavy (non-hydrogen) atoms. The molecule has 1 heterocycles. The van der Waals surface area contributed by atoms with Gasteiger partial charge in [0.25, 0.3) is 0 Å². The Morgan fingerprint density at radius 1 is 1.14 bits per heavy atom. The second-order valence-electron chi connectivity index (χ2n) is 13.1. The molecule has 1 aromatic heterocycles. The van der Waals surface area contributed by atoms with Crippen molar-refractivity contribution >= 4 is 23.3 Å². The van der Waals surface area contributed by atoms with E-state index in [1.54, 1.807) is 18.3 Å². The van der Waals surface area contributed by atoms with E-state index in [-0.39, 0.29) is 17.3 Å². The molecule has 2 aromatic carbocycles. The van der Waals surface area contributed by atoms with Gasteiger partial charge in [0.05, 0.1) is 12.3 Å². The van der Waals surface area contributed by atoms with Gasteiger partial charge in [-0.25, -0.2) is 9.18 Å². The highest BCUT2D eigenvalue weighted by atomic mass is 35.5. The molecule has 1 spiro atoms. The number of ether oxygens (including phenoxy) is 1. The van der Waals surface area contributed by atoms with Crippen LogP contribution in [0.15, 0.2) is 60.8 Å². The van der Waals surface area contributed by atoms with Crippen molar-refractivity contribution in [3.63, 3.8) is 0 Å². The summed E-state index contributed by atoms with van der Waals surface area (Å²) in [5, 5.41) is 14.4. The molecule has 2 N–H and O–H groups in total. The number of halogens is 2. The van der Waals surface area contributed by atoms with E-state index < -0.39 is 17.7 Å². The summed E-state index contributed by atoms with van der Waals surface area (Å²) in [5.41, 5.74) is 3.94. The molecule has 3 aromatic rings. The van der Waals surface area contributed by atoms with Crippen LogP contribution in [0.4, 0.5) is 10.1 Å². The lowest BCUT2D eigenvalue weighted by atomic mass is 9.59. The van der Waals surface area contributed by atoms with Crippen LogP contribution >= 0.6 is 11.6 Å². The number of nitrogens with one attached hydrogen (secondary N) is 1. The summed E-state index contributed by atoms with van der Waals surface area (Å²) in [7, 11) is 0. The second kappa shape index (κ2) is 12.1. The van der Waals surface area contributed by atoms with E-state index in [0.29, 0.717) is 42.5 Å². The van der Waals surface area contributed by atoms with Crippen molar-refractivity contribution in [2.75, 3.05) is 11.9 Å². The molecule has 3 aliphatic rings. The van der Waals surface area contributed by atoms with Gasteiger partial charge in [-0.3, -0.25) is 4.98 Å². The Balaban J connectivity index is 1.19. The molecule has 0 amide bonds. The molecule has 1 saturated carbocycles. The average Bonchev–Trinajstić information content (AvgIpc) is 3.29. The Morgan fingerprint density at radius 2 is 1.93 bits per heavy atom. The van der Waals surface area contributed by atoms with Crippen LogP contribution in [-0.2, 0) is 16.6 Å². The van der Waals surface area contributed by atoms with Crippen LogP contribution in [0.1, 0.15) is 99.7 Å². The van der Waals surface area contributed by atoms with E-state index in [0.717, 1.165) is 55.5 Å². The minimum atomic E-state index is -1.03. The molecule has 1 fully saturated rings. The van der Waals surface area contributed by atoms with Crippen molar-refractivity contribution < 1.29 is 19.0 Å². The molecule has 4 atom stereocenters. The van der Waals surface area contributed by atoms with E-state index in [4.69, 9.17) is 16.3 Å². The van der Waals surface area contributed by atoms with Gasteiger partial charge in [-0.1, -0.05) is 55.8 Å². The Kier molecular flexibility index (Phi) is 8.43. The fraction of sp³-hybridized carbons (Fsp3) is 0.500. The summed E-state index contributed by atoms with van der Waals surface area (Å²) in [4.78, 5) is 17.1. The van der Waals surface area contributed by atoms with E-state index in [1.807, 2.05) is 18.2 Å². The van der Waals surface area contributed by atoms with Crippen molar-refractivity contribution in [3.05, 3.63) is 88.2 Å². The Morgan fingerprint density at radius 3 is 2.67 bits per heavy atom. The summed E-state index contributed by atoms with van der Waals surface area (Å²) in [6.07, 6.45) is 7.62. The molecule has 0 saturated heterocycles. The first-order valence-corrected chi connectivity index (χ1v) is 16.2. The zero-order valence-electron chi connectivity index (χ0n) is 25.1. The van der Waals surface area contributed by atoms with Crippen molar-refractivity contribution in [1.29, 1.82) is 0 Å². The number of carbonyl (C=O) groups is 1. The fourth-order valence-corrected chi connectivity index (χ4v) is 8.48. The van der Waals surface area contributed by atoms with E-state index in [1.165, 1.54) is 11.1 Å². The number of anilines is 1. The molecule has 0 radical (unpaired) electrons. The van der Waals surface area contributed by atoms with Crippen LogP contribution in [0.2, 0.25) is 5.02 Å². The topological polar surface area (TPSA) is 71.5 Å². The molecule has 228 valence electrons. The first kappa shape index (κ1) is 29.9. The number of fused-ring (bicyclic) bond motifs is 3. The number of alkyl halides is 1. The molecule has 5 nitrogen and oxygen atoms in total. The first-order valence-electron chi connectivity index (χ1n) is 15.9. The van der Waals surface area contributed by atoms with Gasteiger partial charge in [0.15, 0.2) is 0 Å². The minimum Gasteiger partial charge on any atom is -0.493 e. The smallest absolute Gasteiger partial charge is 0.329 e. The third-order valence-corrected chi connectivity index (χ3v) is 10.8. The fourth-order valence-electron chi connectivity index (χ4n) is 8.29. The lowest BCUT2D eigenvalue weighted by molar-refractivity contribution is -0.144. The zero-order chi connectivity index (χ0) is 30.2. The van der Waals surface area contributed by atoms with Gasteiger partial charge in [-0.15, -0.1) is 0 Å². The van der Waals surface area contributed by atoms with Gasteiger partial charge in [0.2, 0.25) is 0 Å².